The molecule has 2 aromatic heterocycles. The molecule has 0 fully saturated rings. The Kier molecular flexibility index (Phi) is 4.52. The monoisotopic (exact) mass is 411 g/mol. The van der Waals surface area contributed by atoms with Crippen molar-refractivity contribution in [3.8, 4) is 16.9 Å². The van der Waals surface area contributed by atoms with Gasteiger partial charge in [0.2, 0.25) is 0 Å². The Morgan fingerprint density at radius 3 is 2.23 bits per heavy atom. The second kappa shape index (κ2) is 7.50. The maximum absolute atomic E-state index is 12.8. The highest BCUT2D eigenvalue weighted by Crippen LogP contribution is 2.31. The third kappa shape index (κ3) is 3.44. The van der Waals surface area contributed by atoms with Crippen LogP contribution < -0.4 is 15.7 Å². The zero-order valence-electron chi connectivity index (χ0n) is 16.5. The number of para-hydroxylation sites is 2. The second-order valence-corrected chi connectivity index (χ2v) is 7.00. The van der Waals surface area contributed by atoms with Crippen molar-refractivity contribution < 1.29 is 18.4 Å². The third-order valence-electron chi connectivity index (χ3n) is 5.05. The van der Waals surface area contributed by atoms with Gasteiger partial charge >= 0.3 is 5.63 Å². The van der Waals surface area contributed by atoms with Crippen LogP contribution in [0.5, 0.6) is 5.75 Å². The summed E-state index contributed by atoms with van der Waals surface area (Å²) in [6.45, 7) is 0. The van der Waals surface area contributed by atoms with E-state index in [1.807, 2.05) is 36.4 Å². The van der Waals surface area contributed by atoms with Crippen molar-refractivity contribution in [2.24, 2.45) is 0 Å². The van der Waals surface area contributed by atoms with Crippen LogP contribution in [-0.2, 0) is 0 Å². The summed E-state index contributed by atoms with van der Waals surface area (Å²) in [4.78, 5) is 25.3. The van der Waals surface area contributed by atoms with Gasteiger partial charge in [-0.3, -0.25) is 4.79 Å². The van der Waals surface area contributed by atoms with Crippen molar-refractivity contribution in [3.63, 3.8) is 0 Å². The minimum absolute atomic E-state index is 0.180. The SMILES string of the molecule is COc1ccc(-c2cc3ccccc3oc2=O)cc1NC(=O)c1cc2ccccc2o1. The normalized spacial score (nSPS) is 11.0. The lowest BCUT2D eigenvalue weighted by atomic mass is 10.0. The summed E-state index contributed by atoms with van der Waals surface area (Å²) in [5.74, 6) is 0.217. The van der Waals surface area contributed by atoms with E-state index in [0.717, 1.165) is 10.8 Å². The number of ether oxygens (including phenoxy) is 1. The van der Waals surface area contributed by atoms with E-state index >= 15 is 0 Å². The summed E-state index contributed by atoms with van der Waals surface area (Å²) in [6, 6.07) is 23.3. The molecule has 1 amide bonds. The van der Waals surface area contributed by atoms with Gasteiger partial charge in [0.1, 0.15) is 16.9 Å². The molecule has 0 aliphatic rings. The lowest BCUT2D eigenvalue weighted by molar-refractivity contribution is 0.0998. The number of amides is 1. The number of furan rings is 1. The van der Waals surface area contributed by atoms with Gasteiger partial charge in [0.25, 0.3) is 5.91 Å². The molecule has 0 saturated carbocycles. The van der Waals surface area contributed by atoms with Crippen molar-refractivity contribution in [3.05, 3.63) is 95.0 Å². The maximum atomic E-state index is 12.8. The largest absolute Gasteiger partial charge is 0.495 e. The van der Waals surface area contributed by atoms with Gasteiger partial charge in [0.05, 0.1) is 18.4 Å². The van der Waals surface area contributed by atoms with Crippen LogP contribution in [0.1, 0.15) is 10.6 Å². The Labute approximate surface area is 176 Å². The zero-order valence-corrected chi connectivity index (χ0v) is 16.5. The average molecular weight is 411 g/mol. The van der Waals surface area contributed by atoms with Gasteiger partial charge in [0.15, 0.2) is 5.76 Å². The smallest absolute Gasteiger partial charge is 0.344 e. The van der Waals surface area contributed by atoms with E-state index in [1.165, 1.54) is 7.11 Å². The van der Waals surface area contributed by atoms with Crippen LogP contribution >= 0.6 is 0 Å². The van der Waals surface area contributed by atoms with Crippen molar-refractivity contribution >= 4 is 33.5 Å². The van der Waals surface area contributed by atoms with E-state index in [4.69, 9.17) is 13.6 Å². The molecule has 5 aromatic rings. The lowest BCUT2D eigenvalue weighted by Gasteiger charge is -2.11. The van der Waals surface area contributed by atoms with Crippen LogP contribution in [0.25, 0.3) is 33.1 Å². The molecule has 0 spiro atoms. The van der Waals surface area contributed by atoms with Crippen LogP contribution in [0.3, 0.4) is 0 Å². The Balaban J connectivity index is 1.53. The quantitative estimate of drug-likeness (QED) is 0.397. The Hall–Kier alpha value is -4.32. The van der Waals surface area contributed by atoms with E-state index in [9.17, 15) is 9.59 Å². The first-order valence-corrected chi connectivity index (χ1v) is 9.63. The van der Waals surface area contributed by atoms with Crippen molar-refractivity contribution in [2.45, 2.75) is 0 Å². The molecule has 6 nitrogen and oxygen atoms in total. The molecular weight excluding hydrogens is 394 g/mol. The molecule has 3 aromatic carbocycles. The highest BCUT2D eigenvalue weighted by Gasteiger charge is 2.16. The molecule has 0 radical (unpaired) electrons. The fourth-order valence-corrected chi connectivity index (χ4v) is 3.51. The number of hydrogen-bond donors (Lipinski definition) is 1. The van der Waals surface area contributed by atoms with Crippen LogP contribution in [0.2, 0.25) is 0 Å². The van der Waals surface area contributed by atoms with E-state index in [2.05, 4.69) is 5.32 Å². The second-order valence-electron chi connectivity index (χ2n) is 7.00. The first-order valence-electron chi connectivity index (χ1n) is 9.63. The molecule has 0 aliphatic carbocycles. The number of rotatable bonds is 4. The van der Waals surface area contributed by atoms with Crippen molar-refractivity contribution in [1.29, 1.82) is 0 Å². The van der Waals surface area contributed by atoms with Crippen LogP contribution in [0, 0.1) is 0 Å². The van der Waals surface area contributed by atoms with Crippen molar-refractivity contribution in [1.82, 2.24) is 0 Å². The minimum atomic E-state index is -0.460. The van der Waals surface area contributed by atoms with E-state index in [-0.39, 0.29) is 5.76 Å². The average Bonchev–Trinajstić information content (AvgIpc) is 3.23. The van der Waals surface area contributed by atoms with E-state index < -0.39 is 11.5 Å². The molecule has 1 N–H and O–H groups in total. The molecule has 0 unspecified atom stereocenters. The topological polar surface area (TPSA) is 81.7 Å². The standard InChI is InChI=1S/C25H17NO5/c1-29-22-11-10-15(18-12-16-6-2-5-9-21(16)31-25(18)28)13-19(22)26-24(27)23-14-17-7-3-4-8-20(17)30-23/h2-14H,1H3,(H,26,27). The molecular formula is C25H17NO5. The lowest BCUT2D eigenvalue weighted by Crippen LogP contribution is -2.12. The fourth-order valence-electron chi connectivity index (χ4n) is 3.51. The molecule has 0 saturated heterocycles. The number of carbonyl (C=O) groups excluding carboxylic acids is 1. The van der Waals surface area contributed by atoms with Gasteiger partial charge in [-0.2, -0.15) is 0 Å². The van der Waals surface area contributed by atoms with Gasteiger partial charge in [0, 0.05) is 10.8 Å². The molecule has 0 aliphatic heterocycles. The molecule has 0 bridgehead atoms. The predicted octanol–water partition coefficient (Wildman–Crippen LogP) is 5.47. The van der Waals surface area contributed by atoms with Gasteiger partial charge < -0.3 is 18.9 Å². The molecule has 2 heterocycles. The fraction of sp³-hybridized carbons (Fsp3) is 0.0400. The number of hydrogen-bond acceptors (Lipinski definition) is 5. The van der Waals surface area contributed by atoms with Gasteiger partial charge in [-0.15, -0.1) is 0 Å². The Morgan fingerprint density at radius 1 is 0.839 bits per heavy atom. The number of benzene rings is 3. The Morgan fingerprint density at radius 2 is 1.52 bits per heavy atom. The Bertz CT molecular complexity index is 1460. The summed E-state index contributed by atoms with van der Waals surface area (Å²) in [6.07, 6.45) is 0. The van der Waals surface area contributed by atoms with Gasteiger partial charge in [-0.05, 0) is 42.0 Å². The molecule has 0 atom stereocenters. The van der Waals surface area contributed by atoms with Gasteiger partial charge in [-0.25, -0.2) is 4.79 Å². The summed E-state index contributed by atoms with van der Waals surface area (Å²) in [5, 5.41) is 4.46. The predicted molar refractivity (Wildman–Crippen MR) is 119 cm³/mol. The molecule has 5 rings (SSSR count). The summed E-state index contributed by atoms with van der Waals surface area (Å²) >= 11 is 0. The third-order valence-corrected chi connectivity index (χ3v) is 5.05. The van der Waals surface area contributed by atoms with Gasteiger partial charge in [-0.1, -0.05) is 42.5 Å². The zero-order chi connectivity index (χ0) is 21.4. The van der Waals surface area contributed by atoms with E-state index in [1.54, 1.807) is 42.5 Å². The number of nitrogens with one attached hydrogen (secondary N) is 1. The summed E-state index contributed by atoms with van der Waals surface area (Å²) in [5.41, 5.74) is 2.09. The number of fused-ring (bicyclic) bond motifs is 2. The maximum Gasteiger partial charge on any atom is 0.344 e. The highest BCUT2D eigenvalue weighted by atomic mass is 16.5. The number of carbonyl (C=O) groups is 1. The van der Waals surface area contributed by atoms with Crippen molar-refractivity contribution in [2.75, 3.05) is 12.4 Å². The number of methoxy groups -OCH3 is 1. The molecule has 152 valence electrons. The summed E-state index contributed by atoms with van der Waals surface area (Å²) in [7, 11) is 1.51. The first kappa shape index (κ1) is 18.7. The molecule has 31 heavy (non-hydrogen) atoms. The minimum Gasteiger partial charge on any atom is -0.495 e. The summed E-state index contributed by atoms with van der Waals surface area (Å²) < 4.78 is 16.5. The molecule has 6 heteroatoms. The van der Waals surface area contributed by atoms with E-state index in [0.29, 0.717) is 33.7 Å². The number of anilines is 1. The highest BCUT2D eigenvalue weighted by molar-refractivity contribution is 6.05. The first-order chi connectivity index (χ1) is 15.1. The van der Waals surface area contributed by atoms with Crippen LogP contribution in [0.15, 0.2) is 92.5 Å². The van der Waals surface area contributed by atoms with Crippen LogP contribution in [-0.4, -0.2) is 13.0 Å². The van der Waals surface area contributed by atoms with Crippen LogP contribution in [0.4, 0.5) is 5.69 Å².